The number of rotatable bonds is 11. The molecule has 6 nitrogen and oxygen atoms in total. The van der Waals surface area contributed by atoms with Crippen molar-refractivity contribution in [2.45, 2.75) is 38.3 Å². The number of aliphatic hydroxyl groups excluding tert-OH is 1. The molecular formula is C23H33IN2O4. The third-order valence-corrected chi connectivity index (χ3v) is 7.01. The lowest BCUT2D eigenvalue weighted by atomic mass is 9.80. The van der Waals surface area contributed by atoms with E-state index in [0.717, 1.165) is 30.7 Å². The second-order valence-corrected chi connectivity index (χ2v) is 9.20. The van der Waals surface area contributed by atoms with Crippen LogP contribution < -0.4 is 0 Å². The van der Waals surface area contributed by atoms with Gasteiger partial charge in [-0.15, -0.1) is 0 Å². The van der Waals surface area contributed by atoms with Crippen LogP contribution in [0.2, 0.25) is 0 Å². The van der Waals surface area contributed by atoms with Gasteiger partial charge >= 0.3 is 0 Å². The van der Waals surface area contributed by atoms with Gasteiger partial charge in [0.2, 0.25) is 0 Å². The van der Waals surface area contributed by atoms with E-state index in [0.29, 0.717) is 26.2 Å². The van der Waals surface area contributed by atoms with Gasteiger partial charge in [0.25, 0.3) is 0 Å². The summed E-state index contributed by atoms with van der Waals surface area (Å²) in [6.07, 6.45) is 3.06. The molecule has 1 aromatic carbocycles. The van der Waals surface area contributed by atoms with Gasteiger partial charge in [0.1, 0.15) is 6.79 Å². The summed E-state index contributed by atoms with van der Waals surface area (Å²) in [7, 11) is 1.64. The van der Waals surface area contributed by atoms with Crippen molar-refractivity contribution in [3.05, 3.63) is 45.2 Å². The van der Waals surface area contributed by atoms with Crippen molar-refractivity contribution in [2.24, 2.45) is 0 Å². The van der Waals surface area contributed by atoms with Gasteiger partial charge < -0.3 is 24.3 Å². The molecule has 2 heterocycles. The molecule has 0 saturated heterocycles. The molecule has 30 heavy (non-hydrogen) atoms. The molecular weight excluding hydrogens is 495 g/mol. The minimum absolute atomic E-state index is 0.213. The van der Waals surface area contributed by atoms with E-state index in [1.165, 1.54) is 14.5 Å². The molecule has 166 valence electrons. The number of H-pyrrole nitrogens is 1. The van der Waals surface area contributed by atoms with E-state index < -0.39 is 11.6 Å². The molecule has 1 aliphatic rings. The normalized spacial score (nSPS) is 21.2. The number of hydrogen-bond donors (Lipinski definition) is 2. The molecule has 7 heteroatoms. The zero-order valence-electron chi connectivity index (χ0n) is 18.1. The molecule has 2 unspecified atom stereocenters. The molecule has 0 amide bonds. The highest BCUT2D eigenvalue weighted by atomic mass is 127. The molecule has 3 rings (SSSR count). The monoisotopic (exact) mass is 528 g/mol. The Bertz CT molecular complexity index is 853. The Morgan fingerprint density at radius 1 is 1.30 bits per heavy atom. The number of benzene rings is 1. The van der Waals surface area contributed by atoms with E-state index in [-0.39, 0.29) is 6.79 Å². The number of methoxy groups -OCH3 is 1. The van der Waals surface area contributed by atoms with Crippen LogP contribution in [0, 0.1) is 0 Å². The number of aromatic nitrogens is 1. The Morgan fingerprint density at radius 2 is 2.07 bits per heavy atom. The molecule has 0 radical (unpaired) electrons. The van der Waals surface area contributed by atoms with Crippen molar-refractivity contribution in [3.8, 4) is 0 Å². The van der Waals surface area contributed by atoms with Gasteiger partial charge in [0, 0.05) is 40.4 Å². The second-order valence-electron chi connectivity index (χ2n) is 7.81. The highest BCUT2D eigenvalue weighted by Crippen LogP contribution is 2.42. The lowest BCUT2D eigenvalue weighted by Gasteiger charge is -2.47. The van der Waals surface area contributed by atoms with Crippen LogP contribution in [0.1, 0.15) is 31.5 Å². The maximum Gasteiger partial charge on any atom is 0.146 e. The molecule has 0 aliphatic carbocycles. The number of aromatic amines is 1. The van der Waals surface area contributed by atoms with Crippen molar-refractivity contribution in [1.29, 1.82) is 0 Å². The number of aliphatic hydroxyl groups is 1. The standard InChI is InChI=1S/C23H33IN2O4/c1-4-17(24)15-26-11-9-19-18-7-5-6-8-20(18)25-22(19)23(26,2)21(27)10-12-29-16-30-14-13-28-3/h4-8,21,25,27H,9-16H2,1-3H3/b17-4-. The summed E-state index contributed by atoms with van der Waals surface area (Å²) in [4.78, 5) is 6.03. The van der Waals surface area contributed by atoms with Gasteiger partial charge in [-0.1, -0.05) is 24.3 Å². The van der Waals surface area contributed by atoms with E-state index in [9.17, 15) is 5.11 Å². The van der Waals surface area contributed by atoms with Gasteiger partial charge in [0.15, 0.2) is 0 Å². The Balaban J connectivity index is 1.79. The van der Waals surface area contributed by atoms with E-state index >= 15 is 0 Å². The van der Waals surface area contributed by atoms with Gasteiger partial charge in [-0.05, 0) is 60.9 Å². The number of nitrogens with zero attached hydrogens (tertiary/aromatic N) is 1. The summed E-state index contributed by atoms with van der Waals surface area (Å²) in [5.41, 5.74) is 3.06. The molecule has 0 bridgehead atoms. The summed E-state index contributed by atoms with van der Waals surface area (Å²) in [5.74, 6) is 0. The van der Waals surface area contributed by atoms with Crippen molar-refractivity contribution < 1.29 is 19.3 Å². The van der Waals surface area contributed by atoms with Gasteiger partial charge in [-0.3, -0.25) is 4.90 Å². The van der Waals surface area contributed by atoms with Gasteiger partial charge in [-0.2, -0.15) is 0 Å². The van der Waals surface area contributed by atoms with Crippen LogP contribution in [0.25, 0.3) is 10.9 Å². The molecule has 0 spiro atoms. The fourth-order valence-corrected chi connectivity index (χ4v) is 4.63. The summed E-state index contributed by atoms with van der Waals surface area (Å²) >= 11 is 2.39. The molecule has 0 saturated carbocycles. The number of hydrogen-bond acceptors (Lipinski definition) is 5. The summed E-state index contributed by atoms with van der Waals surface area (Å²) in [6, 6.07) is 8.41. The van der Waals surface area contributed by atoms with E-state index in [4.69, 9.17) is 14.2 Å². The second kappa shape index (κ2) is 11.1. The summed E-state index contributed by atoms with van der Waals surface area (Å²) in [5, 5.41) is 12.6. The number of nitrogens with one attached hydrogen (secondary N) is 1. The smallest absolute Gasteiger partial charge is 0.146 e. The Labute approximate surface area is 192 Å². The largest absolute Gasteiger partial charge is 0.391 e. The third kappa shape index (κ3) is 5.08. The number of para-hydroxylation sites is 1. The predicted octanol–water partition coefficient (Wildman–Crippen LogP) is 3.97. The van der Waals surface area contributed by atoms with E-state index in [2.05, 4.69) is 76.7 Å². The maximum atomic E-state index is 11.4. The van der Waals surface area contributed by atoms with Crippen LogP contribution in [0.5, 0.6) is 0 Å². The summed E-state index contributed by atoms with van der Waals surface area (Å²) < 4.78 is 17.2. The predicted molar refractivity (Wildman–Crippen MR) is 128 cm³/mol. The SMILES string of the molecule is C/C=C(\I)CN1CCc2c([nH]c3ccccc23)C1(C)C(O)CCOCOCCOC. The van der Waals surface area contributed by atoms with Crippen molar-refractivity contribution in [1.82, 2.24) is 9.88 Å². The number of halogens is 1. The first-order chi connectivity index (χ1) is 14.5. The van der Waals surface area contributed by atoms with Crippen LogP contribution in [0.3, 0.4) is 0 Å². The average molecular weight is 528 g/mol. The maximum absolute atomic E-state index is 11.4. The Morgan fingerprint density at radius 3 is 2.83 bits per heavy atom. The van der Waals surface area contributed by atoms with Crippen molar-refractivity contribution in [2.75, 3.05) is 46.8 Å². The van der Waals surface area contributed by atoms with Crippen LogP contribution in [-0.4, -0.2) is 67.9 Å². The lowest BCUT2D eigenvalue weighted by molar-refractivity contribution is -0.0871. The van der Waals surface area contributed by atoms with Crippen LogP contribution in [-0.2, 0) is 26.2 Å². The van der Waals surface area contributed by atoms with Crippen molar-refractivity contribution >= 4 is 33.5 Å². The molecule has 2 N–H and O–H groups in total. The molecule has 1 aromatic heterocycles. The van der Waals surface area contributed by atoms with Crippen LogP contribution >= 0.6 is 22.6 Å². The fourth-order valence-electron chi connectivity index (χ4n) is 4.22. The quantitative estimate of drug-likeness (QED) is 0.263. The minimum Gasteiger partial charge on any atom is -0.391 e. The summed E-state index contributed by atoms with van der Waals surface area (Å²) in [6.45, 7) is 7.64. The van der Waals surface area contributed by atoms with Crippen molar-refractivity contribution in [3.63, 3.8) is 0 Å². The molecule has 0 fully saturated rings. The third-order valence-electron chi connectivity index (χ3n) is 6.05. The van der Waals surface area contributed by atoms with E-state index in [1.54, 1.807) is 7.11 Å². The first-order valence-corrected chi connectivity index (χ1v) is 11.6. The molecule has 2 aromatic rings. The topological polar surface area (TPSA) is 67.0 Å². The average Bonchev–Trinajstić information content (AvgIpc) is 3.14. The highest BCUT2D eigenvalue weighted by Gasteiger charge is 2.45. The molecule has 1 aliphatic heterocycles. The minimum atomic E-state index is -0.579. The number of ether oxygens (including phenoxy) is 3. The van der Waals surface area contributed by atoms with Gasteiger partial charge in [0.05, 0.1) is 31.5 Å². The van der Waals surface area contributed by atoms with Crippen LogP contribution in [0.4, 0.5) is 0 Å². The Hall–Kier alpha value is -0.970. The first kappa shape index (κ1) is 23.7. The lowest BCUT2D eigenvalue weighted by Crippen LogP contribution is -2.56. The van der Waals surface area contributed by atoms with Gasteiger partial charge in [-0.25, -0.2) is 0 Å². The highest BCUT2D eigenvalue weighted by molar-refractivity contribution is 14.1. The zero-order valence-corrected chi connectivity index (χ0v) is 20.3. The van der Waals surface area contributed by atoms with Crippen LogP contribution in [0.15, 0.2) is 33.9 Å². The Kier molecular flexibility index (Phi) is 8.73. The number of fused-ring (bicyclic) bond motifs is 3. The molecule has 2 atom stereocenters. The fraction of sp³-hybridized carbons (Fsp3) is 0.565. The number of allylic oxidation sites excluding steroid dienone is 1. The van der Waals surface area contributed by atoms with E-state index in [1.807, 2.05) is 0 Å². The first-order valence-electron chi connectivity index (χ1n) is 10.5. The zero-order chi connectivity index (χ0) is 21.6.